The van der Waals surface area contributed by atoms with E-state index in [1.54, 1.807) is 42.5 Å². The lowest BCUT2D eigenvalue weighted by molar-refractivity contribution is 0.0976. The van der Waals surface area contributed by atoms with Gasteiger partial charge in [0.25, 0.3) is 11.8 Å². The monoisotopic (exact) mass is 526 g/mol. The van der Waals surface area contributed by atoms with Crippen molar-refractivity contribution in [2.75, 3.05) is 17.7 Å². The lowest BCUT2D eigenvalue weighted by Gasteiger charge is -2.19. The lowest BCUT2D eigenvalue weighted by atomic mass is 9.87. The number of halogens is 1. The normalized spacial score (nSPS) is 10.6. The first-order valence-corrected chi connectivity index (χ1v) is 11.5. The zero-order valence-electron chi connectivity index (χ0n) is 20.7. The maximum Gasteiger partial charge on any atom is 0.257 e. The predicted octanol–water partition coefficient (Wildman–Crippen LogP) is 5.25. The zero-order valence-corrected chi connectivity index (χ0v) is 22.3. The number of methoxy groups -OCH3 is 1. The highest BCUT2D eigenvalue weighted by Gasteiger charge is 2.15. The molecule has 0 aromatic heterocycles. The molecular weight excluding hydrogens is 496 g/mol. The van der Waals surface area contributed by atoms with E-state index in [1.165, 1.54) is 7.11 Å². The van der Waals surface area contributed by atoms with Crippen LogP contribution in [0.1, 0.15) is 52.6 Å². The number of anilines is 2. The standard InChI is InChI=1S/C27H30N4O3S.ClH/c1-27(2,3)20-11-9-19(10-12-20)25(33)31-26(35)29-21-13-14-22(23(15-21)34-4)30-24(32)18-7-5-17(16-28)6-8-18;/h5-15H,16,28H2,1-4H3,(H,30,32)(H2,29,31,33,35);1H. The second kappa shape index (κ2) is 12.5. The van der Waals surface area contributed by atoms with Gasteiger partial charge in [-0.2, -0.15) is 0 Å². The van der Waals surface area contributed by atoms with E-state index in [0.29, 0.717) is 34.8 Å². The number of carbonyl (C=O) groups excluding carboxylic acids is 2. The van der Waals surface area contributed by atoms with Crippen molar-refractivity contribution in [2.45, 2.75) is 32.7 Å². The minimum Gasteiger partial charge on any atom is -0.494 e. The average Bonchev–Trinajstić information content (AvgIpc) is 2.84. The van der Waals surface area contributed by atoms with Crippen molar-refractivity contribution in [3.8, 4) is 5.75 Å². The molecule has 0 aliphatic heterocycles. The number of amides is 2. The van der Waals surface area contributed by atoms with Crippen LogP contribution in [0, 0.1) is 0 Å². The van der Waals surface area contributed by atoms with Crippen LogP contribution < -0.4 is 26.4 Å². The number of hydrogen-bond acceptors (Lipinski definition) is 5. The van der Waals surface area contributed by atoms with Crippen LogP contribution in [-0.4, -0.2) is 24.0 Å². The van der Waals surface area contributed by atoms with Gasteiger partial charge in [-0.15, -0.1) is 12.4 Å². The molecule has 3 rings (SSSR count). The summed E-state index contributed by atoms with van der Waals surface area (Å²) in [5.74, 6) is -0.138. The molecule has 5 N–H and O–H groups in total. The summed E-state index contributed by atoms with van der Waals surface area (Å²) in [7, 11) is 1.51. The van der Waals surface area contributed by atoms with E-state index in [9.17, 15) is 9.59 Å². The molecule has 0 heterocycles. The number of ether oxygens (including phenoxy) is 1. The molecule has 2 amide bonds. The van der Waals surface area contributed by atoms with Crippen molar-refractivity contribution in [3.63, 3.8) is 0 Å². The van der Waals surface area contributed by atoms with Crippen molar-refractivity contribution in [1.82, 2.24) is 5.32 Å². The fourth-order valence-electron chi connectivity index (χ4n) is 3.32. The third kappa shape index (κ3) is 7.52. The van der Waals surface area contributed by atoms with Gasteiger partial charge in [-0.25, -0.2) is 0 Å². The van der Waals surface area contributed by atoms with Gasteiger partial charge in [-0.3, -0.25) is 14.9 Å². The number of nitrogens with one attached hydrogen (secondary N) is 3. The smallest absolute Gasteiger partial charge is 0.257 e. The minimum absolute atomic E-state index is 0. The Hall–Kier alpha value is -3.46. The summed E-state index contributed by atoms with van der Waals surface area (Å²) in [6.07, 6.45) is 0. The average molecular weight is 527 g/mol. The highest BCUT2D eigenvalue weighted by Crippen LogP contribution is 2.28. The van der Waals surface area contributed by atoms with E-state index >= 15 is 0 Å². The van der Waals surface area contributed by atoms with Gasteiger partial charge in [-0.1, -0.05) is 45.0 Å². The number of benzene rings is 3. The Labute approximate surface area is 223 Å². The number of hydrogen-bond donors (Lipinski definition) is 4. The zero-order chi connectivity index (χ0) is 25.6. The summed E-state index contributed by atoms with van der Waals surface area (Å²) in [4.78, 5) is 25.2. The Morgan fingerprint density at radius 1 is 0.889 bits per heavy atom. The molecule has 0 aliphatic carbocycles. The van der Waals surface area contributed by atoms with Crippen molar-refractivity contribution >= 4 is 52.9 Å². The number of rotatable bonds is 6. The second-order valence-electron chi connectivity index (χ2n) is 9.01. The molecule has 0 atom stereocenters. The van der Waals surface area contributed by atoms with Crippen molar-refractivity contribution < 1.29 is 14.3 Å². The van der Waals surface area contributed by atoms with Crippen LogP contribution in [0.15, 0.2) is 66.7 Å². The molecule has 9 heteroatoms. The van der Waals surface area contributed by atoms with E-state index < -0.39 is 0 Å². The molecule has 0 saturated heterocycles. The largest absolute Gasteiger partial charge is 0.494 e. The predicted molar refractivity (Wildman–Crippen MR) is 151 cm³/mol. The van der Waals surface area contributed by atoms with Crippen LogP contribution in [0.4, 0.5) is 11.4 Å². The van der Waals surface area contributed by atoms with E-state index in [1.807, 2.05) is 24.3 Å². The van der Waals surface area contributed by atoms with Crippen LogP contribution >= 0.6 is 24.6 Å². The molecule has 36 heavy (non-hydrogen) atoms. The summed E-state index contributed by atoms with van der Waals surface area (Å²) in [5.41, 5.74) is 9.81. The summed E-state index contributed by atoms with van der Waals surface area (Å²) in [5, 5.41) is 8.64. The molecule has 3 aromatic carbocycles. The van der Waals surface area contributed by atoms with Gasteiger partial charge in [0.15, 0.2) is 5.11 Å². The first-order chi connectivity index (χ1) is 16.6. The molecule has 3 aromatic rings. The summed E-state index contributed by atoms with van der Waals surface area (Å²) >= 11 is 5.30. The highest BCUT2D eigenvalue weighted by atomic mass is 35.5. The number of carbonyl (C=O) groups is 2. The first-order valence-electron chi connectivity index (χ1n) is 11.1. The van der Waals surface area contributed by atoms with Crippen LogP contribution in [-0.2, 0) is 12.0 Å². The van der Waals surface area contributed by atoms with Crippen molar-refractivity contribution in [1.29, 1.82) is 0 Å². The number of nitrogens with two attached hydrogens (primary N) is 1. The lowest BCUT2D eigenvalue weighted by Crippen LogP contribution is -2.34. The fourth-order valence-corrected chi connectivity index (χ4v) is 3.53. The second-order valence-corrected chi connectivity index (χ2v) is 9.41. The third-order valence-corrected chi connectivity index (χ3v) is 5.60. The fraction of sp³-hybridized carbons (Fsp3) is 0.222. The summed E-state index contributed by atoms with van der Waals surface area (Å²) < 4.78 is 5.43. The van der Waals surface area contributed by atoms with Gasteiger partial charge >= 0.3 is 0 Å². The van der Waals surface area contributed by atoms with Gasteiger partial charge in [0.1, 0.15) is 5.75 Å². The maximum absolute atomic E-state index is 12.6. The van der Waals surface area contributed by atoms with E-state index in [-0.39, 0.29) is 34.7 Å². The van der Waals surface area contributed by atoms with Gasteiger partial charge in [0.2, 0.25) is 0 Å². The molecular formula is C27H31ClN4O3S. The van der Waals surface area contributed by atoms with E-state index in [0.717, 1.165) is 11.1 Å². The molecule has 0 bridgehead atoms. The van der Waals surface area contributed by atoms with Crippen molar-refractivity contribution in [3.05, 3.63) is 89.0 Å². The minimum atomic E-state index is -0.306. The summed E-state index contributed by atoms with van der Waals surface area (Å²) in [6.45, 7) is 6.76. The molecule has 0 saturated carbocycles. The third-order valence-electron chi connectivity index (χ3n) is 5.40. The Kier molecular flexibility index (Phi) is 9.98. The van der Waals surface area contributed by atoms with Gasteiger partial charge in [0, 0.05) is 29.4 Å². The molecule has 7 nitrogen and oxygen atoms in total. The van der Waals surface area contributed by atoms with E-state index in [2.05, 4.69) is 36.7 Å². The van der Waals surface area contributed by atoms with Gasteiger partial charge in [0.05, 0.1) is 12.8 Å². The van der Waals surface area contributed by atoms with Crippen LogP contribution in [0.25, 0.3) is 0 Å². The van der Waals surface area contributed by atoms with Crippen LogP contribution in [0.2, 0.25) is 0 Å². The van der Waals surface area contributed by atoms with Crippen LogP contribution in [0.5, 0.6) is 5.75 Å². The SMILES string of the molecule is COc1cc(NC(=S)NC(=O)c2ccc(C(C)(C)C)cc2)ccc1NC(=O)c1ccc(CN)cc1.Cl. The molecule has 0 unspecified atom stereocenters. The molecule has 0 fully saturated rings. The van der Waals surface area contributed by atoms with Gasteiger partial charge in [-0.05, 0) is 65.2 Å². The molecule has 190 valence electrons. The maximum atomic E-state index is 12.6. The Balaban J connectivity index is 0.00000456. The summed E-state index contributed by atoms with van der Waals surface area (Å²) in [6, 6.07) is 19.6. The first kappa shape index (κ1) is 28.8. The molecule has 0 radical (unpaired) electrons. The Morgan fingerprint density at radius 2 is 1.47 bits per heavy atom. The molecule has 0 spiro atoms. The quantitative estimate of drug-likeness (QED) is 0.327. The topological polar surface area (TPSA) is 105 Å². The van der Waals surface area contributed by atoms with Crippen LogP contribution in [0.3, 0.4) is 0 Å². The number of thiocarbonyl (C=S) groups is 1. The Bertz CT molecular complexity index is 1220. The van der Waals surface area contributed by atoms with E-state index in [4.69, 9.17) is 22.7 Å². The Morgan fingerprint density at radius 3 is 2.03 bits per heavy atom. The highest BCUT2D eigenvalue weighted by molar-refractivity contribution is 7.80. The van der Waals surface area contributed by atoms with Crippen molar-refractivity contribution in [2.24, 2.45) is 5.73 Å². The van der Waals surface area contributed by atoms with Gasteiger partial charge < -0.3 is 21.1 Å². The molecule has 0 aliphatic rings.